The van der Waals surface area contributed by atoms with E-state index in [1.54, 1.807) is 0 Å². The van der Waals surface area contributed by atoms with Gasteiger partial charge in [-0.15, -0.1) is 5.69 Å². The molecule has 0 radical (unpaired) electrons. The Morgan fingerprint density at radius 1 is 0.784 bits per heavy atom. The Morgan fingerprint density at radius 3 is 2.24 bits per heavy atom. The zero-order valence-corrected chi connectivity index (χ0v) is 23.7. The first kappa shape index (κ1) is 26.8. The predicted octanol–water partition coefficient (Wildman–Crippen LogP) is 6.65. The summed E-state index contributed by atoms with van der Waals surface area (Å²) in [5, 5.41) is 8.66. The normalized spacial score (nSPS) is 12.6. The van der Waals surface area contributed by atoms with Gasteiger partial charge in [0, 0.05) is 23.8 Å². The second kappa shape index (κ2) is 11.8. The van der Waals surface area contributed by atoms with Crippen LogP contribution in [0.5, 0.6) is 0 Å². The largest absolute Gasteiger partial charge is 2.00 e. The Labute approximate surface area is 233 Å². The van der Waals surface area contributed by atoms with Gasteiger partial charge in [-0.1, -0.05) is 74.0 Å². The molecule has 6 rings (SSSR count). The van der Waals surface area contributed by atoms with E-state index in [0.717, 1.165) is 46.9 Å². The van der Waals surface area contributed by atoms with E-state index in [9.17, 15) is 0 Å². The Hall–Kier alpha value is -3.30. The minimum Gasteiger partial charge on any atom is -0.662 e. The van der Waals surface area contributed by atoms with Crippen LogP contribution in [0.4, 0.5) is 0 Å². The van der Waals surface area contributed by atoms with E-state index in [1.807, 2.05) is 73.2 Å². The molecule has 0 bridgehead atoms. The van der Waals surface area contributed by atoms with Gasteiger partial charge < -0.3 is 15.2 Å². The third-order valence-electron chi connectivity index (χ3n) is 6.55. The first-order valence-electron chi connectivity index (χ1n) is 12.6. The van der Waals surface area contributed by atoms with Crippen molar-refractivity contribution in [2.24, 2.45) is 0 Å². The topological polar surface area (TPSA) is 66.9 Å². The molecule has 0 spiro atoms. The van der Waals surface area contributed by atoms with E-state index in [4.69, 9.17) is 4.98 Å². The van der Waals surface area contributed by atoms with Crippen LogP contribution in [0.25, 0.3) is 34.0 Å². The van der Waals surface area contributed by atoms with Crippen molar-refractivity contribution in [2.75, 3.05) is 0 Å². The Balaban J connectivity index is 0.000000248. The molecule has 5 nitrogen and oxygen atoms in total. The number of hydrogen-bond donors (Lipinski definition) is 0. The zero-order chi connectivity index (χ0) is 25.0. The molecule has 0 amide bonds. The SMILES string of the molecule is CC(C)(C)c1ccncc1.[Pt+2].c1ccc(-c2cc(-c3cccc(-c4[n-]cc5c4CCCC5)n3)[n-]n2)cc1. The van der Waals surface area contributed by atoms with Crippen LogP contribution in [-0.4, -0.2) is 15.1 Å². The summed E-state index contributed by atoms with van der Waals surface area (Å²) in [4.78, 5) is 13.5. The molecular formula is C31H31N5Pt. The maximum atomic E-state index is 4.84. The molecule has 5 aromatic rings. The monoisotopic (exact) mass is 668 g/mol. The molecule has 4 heterocycles. The summed E-state index contributed by atoms with van der Waals surface area (Å²) in [6.45, 7) is 6.59. The first-order valence-corrected chi connectivity index (χ1v) is 12.6. The standard InChI is InChI=1S/C22H18N4.C9H13N.Pt/c1-2-7-15(8-3-1)20-13-21(26-25-20)18-11-6-12-19(24-18)22-17-10-5-4-9-16(17)14-23-22;1-9(2,3)8-4-6-10-7-5-8;/h1-3,6-8,11-14H,4-5,9-10H2;4-7H,1-3H3;/q-2;;+2. The summed E-state index contributed by atoms with van der Waals surface area (Å²) < 4.78 is 0. The second-order valence-electron chi connectivity index (χ2n) is 10.2. The van der Waals surface area contributed by atoms with Gasteiger partial charge in [-0.2, -0.15) is 6.20 Å². The van der Waals surface area contributed by atoms with Crippen molar-refractivity contribution in [1.29, 1.82) is 0 Å². The van der Waals surface area contributed by atoms with Crippen LogP contribution in [0.2, 0.25) is 0 Å². The van der Waals surface area contributed by atoms with E-state index < -0.39 is 0 Å². The number of fused-ring (bicyclic) bond motifs is 1. The molecule has 190 valence electrons. The van der Waals surface area contributed by atoms with E-state index in [2.05, 4.69) is 53.1 Å². The molecule has 1 aromatic carbocycles. The van der Waals surface area contributed by atoms with Crippen molar-refractivity contribution < 1.29 is 21.1 Å². The van der Waals surface area contributed by atoms with Crippen LogP contribution in [0.1, 0.15) is 50.3 Å². The molecule has 4 aromatic heterocycles. The van der Waals surface area contributed by atoms with Crippen molar-refractivity contribution in [3.05, 3.63) is 102 Å². The molecule has 0 aliphatic heterocycles. The Bertz CT molecular complexity index is 1420. The summed E-state index contributed by atoms with van der Waals surface area (Å²) in [7, 11) is 0. The maximum Gasteiger partial charge on any atom is 2.00 e. The van der Waals surface area contributed by atoms with Crippen molar-refractivity contribution in [3.8, 4) is 34.0 Å². The average Bonchev–Trinajstić information content (AvgIpc) is 3.58. The van der Waals surface area contributed by atoms with E-state index >= 15 is 0 Å². The Morgan fingerprint density at radius 2 is 1.51 bits per heavy atom. The molecule has 6 heteroatoms. The molecular weight excluding hydrogens is 637 g/mol. The summed E-state index contributed by atoms with van der Waals surface area (Å²) >= 11 is 0. The van der Waals surface area contributed by atoms with Crippen LogP contribution in [0.3, 0.4) is 0 Å². The fraction of sp³-hybridized carbons (Fsp3) is 0.258. The van der Waals surface area contributed by atoms with Gasteiger partial charge in [-0.3, -0.25) is 9.97 Å². The average molecular weight is 669 g/mol. The third-order valence-corrected chi connectivity index (χ3v) is 6.55. The smallest absolute Gasteiger partial charge is 0.662 e. The minimum absolute atomic E-state index is 0. The fourth-order valence-corrected chi connectivity index (χ4v) is 4.51. The molecule has 37 heavy (non-hydrogen) atoms. The zero-order valence-electron chi connectivity index (χ0n) is 21.5. The van der Waals surface area contributed by atoms with E-state index in [0.29, 0.717) is 0 Å². The molecule has 1 aliphatic carbocycles. The van der Waals surface area contributed by atoms with Gasteiger partial charge in [-0.25, -0.2) is 0 Å². The summed E-state index contributed by atoms with van der Waals surface area (Å²) in [6, 6.07) is 22.2. The van der Waals surface area contributed by atoms with E-state index in [1.165, 1.54) is 29.5 Å². The number of pyridine rings is 2. The van der Waals surface area contributed by atoms with Gasteiger partial charge in [0.25, 0.3) is 0 Å². The molecule has 0 fully saturated rings. The molecule has 1 aliphatic rings. The van der Waals surface area contributed by atoms with E-state index in [-0.39, 0.29) is 26.5 Å². The van der Waals surface area contributed by atoms with Crippen LogP contribution in [-0.2, 0) is 39.3 Å². The van der Waals surface area contributed by atoms with Crippen molar-refractivity contribution in [3.63, 3.8) is 0 Å². The summed E-state index contributed by atoms with van der Waals surface area (Å²) in [5.74, 6) is 0. The molecule has 0 saturated carbocycles. The number of rotatable bonds is 3. The fourth-order valence-electron chi connectivity index (χ4n) is 4.51. The Kier molecular flexibility index (Phi) is 8.55. The third kappa shape index (κ3) is 6.34. The van der Waals surface area contributed by atoms with Crippen molar-refractivity contribution in [1.82, 2.24) is 25.1 Å². The number of hydrogen-bond acceptors (Lipinski definition) is 3. The van der Waals surface area contributed by atoms with Crippen LogP contribution >= 0.6 is 0 Å². The number of nitrogens with zero attached hydrogens (tertiary/aromatic N) is 5. The van der Waals surface area contributed by atoms with Gasteiger partial charge in [0.05, 0.1) is 5.69 Å². The van der Waals surface area contributed by atoms with Gasteiger partial charge in [0.15, 0.2) is 0 Å². The second-order valence-corrected chi connectivity index (χ2v) is 10.2. The number of aromatic nitrogens is 5. The van der Waals surface area contributed by atoms with Gasteiger partial charge in [0.1, 0.15) is 0 Å². The molecule has 0 unspecified atom stereocenters. The van der Waals surface area contributed by atoms with Crippen molar-refractivity contribution in [2.45, 2.75) is 51.9 Å². The van der Waals surface area contributed by atoms with Crippen LogP contribution in [0.15, 0.2) is 85.3 Å². The van der Waals surface area contributed by atoms with Crippen LogP contribution in [0, 0.1) is 0 Å². The minimum atomic E-state index is 0. The van der Waals surface area contributed by atoms with Crippen LogP contribution < -0.4 is 10.1 Å². The number of benzene rings is 1. The molecule has 0 saturated heterocycles. The maximum absolute atomic E-state index is 4.84. The van der Waals surface area contributed by atoms with Gasteiger partial charge >= 0.3 is 21.1 Å². The summed E-state index contributed by atoms with van der Waals surface area (Å²) in [6.07, 6.45) is 10.4. The molecule has 0 N–H and O–H groups in total. The summed E-state index contributed by atoms with van der Waals surface area (Å²) in [5.41, 5.74) is 9.88. The van der Waals surface area contributed by atoms with Gasteiger partial charge in [-0.05, 0) is 72.6 Å². The quantitative estimate of drug-likeness (QED) is 0.216. The van der Waals surface area contributed by atoms with Crippen molar-refractivity contribution >= 4 is 0 Å². The first-order chi connectivity index (χ1) is 17.5. The number of aryl methyl sites for hydroxylation is 1. The predicted molar refractivity (Wildman–Crippen MR) is 145 cm³/mol. The van der Waals surface area contributed by atoms with Gasteiger partial charge in [0.2, 0.25) is 0 Å². The molecule has 0 atom stereocenters.